The first kappa shape index (κ1) is 29.2. The van der Waals surface area contributed by atoms with Crippen LogP contribution < -0.4 is 10.6 Å². The molecule has 0 fully saturated rings. The molecule has 0 spiro atoms. The van der Waals surface area contributed by atoms with Crippen molar-refractivity contribution in [2.45, 2.75) is 52.1 Å². The zero-order valence-corrected chi connectivity index (χ0v) is 22.5. The van der Waals surface area contributed by atoms with Crippen LogP contribution in [0, 0.1) is 31.3 Å². The molecule has 2 amide bonds. The molecule has 2 aromatic heterocycles. The second-order valence-electron chi connectivity index (χ2n) is 9.69. The molecule has 3 N–H and O–H groups in total. The van der Waals surface area contributed by atoms with Crippen LogP contribution in [0.25, 0.3) is 16.8 Å². The normalized spacial score (nSPS) is 12.6. The highest BCUT2D eigenvalue weighted by molar-refractivity contribution is 5.96. The van der Waals surface area contributed by atoms with Gasteiger partial charge in [0.1, 0.15) is 17.6 Å². The van der Waals surface area contributed by atoms with Gasteiger partial charge in [-0.15, -0.1) is 0 Å². The van der Waals surface area contributed by atoms with Gasteiger partial charge in [-0.3, -0.25) is 14.4 Å². The molecule has 0 bridgehead atoms. The summed E-state index contributed by atoms with van der Waals surface area (Å²) < 4.78 is 45.2. The number of rotatable bonds is 10. The van der Waals surface area contributed by atoms with E-state index in [9.17, 15) is 28.3 Å². The Bertz CT molecular complexity index is 1620. The van der Waals surface area contributed by atoms with Crippen molar-refractivity contribution < 1.29 is 32.7 Å². The summed E-state index contributed by atoms with van der Waals surface area (Å²) >= 11 is 0. The monoisotopic (exact) mass is 567 g/mol. The fourth-order valence-corrected chi connectivity index (χ4v) is 4.83. The average molecular weight is 568 g/mol. The number of amides is 2. The predicted molar refractivity (Wildman–Crippen MR) is 144 cm³/mol. The number of carboxylic acid groups (broad SMARTS) is 1. The Morgan fingerprint density at radius 2 is 1.76 bits per heavy atom. The van der Waals surface area contributed by atoms with E-state index in [0.29, 0.717) is 28.8 Å². The van der Waals surface area contributed by atoms with Gasteiger partial charge in [0.2, 0.25) is 5.91 Å². The second-order valence-corrected chi connectivity index (χ2v) is 9.69. The van der Waals surface area contributed by atoms with Crippen molar-refractivity contribution in [1.82, 2.24) is 25.2 Å². The second kappa shape index (κ2) is 12.2. The minimum atomic E-state index is -1.48. The fraction of sp³-hybridized carbons (Fsp3) is 0.276. The molecule has 0 unspecified atom stereocenters. The number of hydrogen-bond donors (Lipinski definition) is 3. The van der Waals surface area contributed by atoms with Crippen LogP contribution in [0.4, 0.5) is 13.2 Å². The van der Waals surface area contributed by atoms with E-state index < -0.39 is 59.3 Å². The molecule has 9 nitrogen and oxygen atoms in total. The summed E-state index contributed by atoms with van der Waals surface area (Å²) in [5, 5.41) is 18.7. The van der Waals surface area contributed by atoms with Crippen LogP contribution in [0.3, 0.4) is 0 Å². The zero-order chi connectivity index (χ0) is 29.8. The van der Waals surface area contributed by atoms with Crippen molar-refractivity contribution in [2.24, 2.45) is 0 Å². The number of benzene rings is 2. The number of nitrogens with zero attached hydrogens (tertiary/aromatic N) is 3. The number of hydrogen-bond acceptors (Lipinski definition) is 5. The van der Waals surface area contributed by atoms with E-state index in [2.05, 4.69) is 20.7 Å². The Morgan fingerprint density at radius 3 is 2.41 bits per heavy atom. The van der Waals surface area contributed by atoms with Crippen LogP contribution in [0.1, 0.15) is 59.4 Å². The number of aryl methyl sites for hydroxylation is 2. The molecule has 214 valence electrons. The maximum absolute atomic E-state index is 15.1. The predicted octanol–water partition coefficient (Wildman–Crippen LogP) is 4.66. The van der Waals surface area contributed by atoms with Gasteiger partial charge in [-0.2, -0.15) is 5.10 Å². The highest BCUT2D eigenvalue weighted by atomic mass is 19.2. The lowest BCUT2D eigenvalue weighted by Crippen LogP contribution is -2.48. The first-order chi connectivity index (χ1) is 19.5. The molecular formula is C29H28F3N5O4. The summed E-state index contributed by atoms with van der Waals surface area (Å²) in [4.78, 5) is 42.2. The quantitative estimate of drug-likeness (QED) is 0.256. The van der Waals surface area contributed by atoms with E-state index in [1.54, 1.807) is 32.9 Å². The van der Waals surface area contributed by atoms with Crippen LogP contribution in [0.2, 0.25) is 0 Å². The summed E-state index contributed by atoms with van der Waals surface area (Å²) in [6, 6.07) is 5.36. The number of halogens is 3. The van der Waals surface area contributed by atoms with Gasteiger partial charge in [0.05, 0.1) is 18.7 Å². The van der Waals surface area contributed by atoms with Crippen molar-refractivity contribution in [1.29, 1.82) is 0 Å². The SMILES string of the molecule is CCC[C@H](NC(=O)c1cnc2cccnn12)C(=O)N[C@@H](CC(=O)O)c1cc(-c2c(C)cc(F)cc2C)cc(F)c1F. The Balaban J connectivity index is 1.66. The van der Waals surface area contributed by atoms with Crippen molar-refractivity contribution in [3.05, 3.63) is 88.6 Å². The molecule has 12 heteroatoms. The summed E-state index contributed by atoms with van der Waals surface area (Å²) in [6.07, 6.45) is 2.64. The van der Waals surface area contributed by atoms with Gasteiger partial charge in [0, 0.05) is 11.8 Å². The minimum Gasteiger partial charge on any atom is -0.481 e. The molecule has 4 rings (SSSR count). The van der Waals surface area contributed by atoms with Crippen molar-refractivity contribution in [3.63, 3.8) is 0 Å². The lowest BCUT2D eigenvalue weighted by molar-refractivity contribution is -0.137. The van der Waals surface area contributed by atoms with E-state index in [1.165, 1.54) is 35.1 Å². The third-order valence-corrected chi connectivity index (χ3v) is 6.62. The maximum Gasteiger partial charge on any atom is 0.305 e. The lowest BCUT2D eigenvalue weighted by Gasteiger charge is -2.24. The van der Waals surface area contributed by atoms with E-state index in [-0.39, 0.29) is 17.7 Å². The Labute approximate surface area is 233 Å². The molecule has 2 atom stereocenters. The van der Waals surface area contributed by atoms with E-state index >= 15 is 4.39 Å². The van der Waals surface area contributed by atoms with Crippen LogP contribution >= 0.6 is 0 Å². The standard InChI is InChI=1S/C29H28F3N5O4/c1-4-6-21(35-29(41)23-14-33-24-7-5-8-34-37(23)24)28(40)36-22(13-25(38)39)19-11-17(12-20(31)27(19)32)26-15(2)9-18(30)10-16(26)3/h5,7-12,14,21-22H,4,6,13H2,1-3H3,(H,35,41)(H,36,40)(H,38,39)/t21-,22-/m0/s1. The van der Waals surface area contributed by atoms with Gasteiger partial charge >= 0.3 is 5.97 Å². The van der Waals surface area contributed by atoms with Crippen LogP contribution in [-0.2, 0) is 9.59 Å². The first-order valence-electron chi connectivity index (χ1n) is 12.9. The third-order valence-electron chi connectivity index (χ3n) is 6.62. The maximum atomic E-state index is 15.1. The van der Waals surface area contributed by atoms with Gasteiger partial charge < -0.3 is 15.7 Å². The number of aliphatic carboxylic acids is 1. The van der Waals surface area contributed by atoms with Crippen molar-refractivity contribution in [3.8, 4) is 11.1 Å². The molecule has 2 aromatic carbocycles. The number of carbonyl (C=O) groups excluding carboxylic acids is 2. The van der Waals surface area contributed by atoms with Crippen LogP contribution in [0.5, 0.6) is 0 Å². The van der Waals surface area contributed by atoms with Crippen molar-refractivity contribution in [2.75, 3.05) is 0 Å². The van der Waals surface area contributed by atoms with Crippen LogP contribution in [0.15, 0.2) is 48.8 Å². The third kappa shape index (κ3) is 6.37. The van der Waals surface area contributed by atoms with E-state index in [4.69, 9.17) is 0 Å². The zero-order valence-electron chi connectivity index (χ0n) is 22.5. The van der Waals surface area contributed by atoms with Gasteiger partial charge in [-0.05, 0) is 78.9 Å². The van der Waals surface area contributed by atoms with Crippen molar-refractivity contribution >= 4 is 23.4 Å². The highest BCUT2D eigenvalue weighted by Gasteiger charge is 2.29. The molecule has 0 aliphatic rings. The largest absolute Gasteiger partial charge is 0.481 e. The number of nitrogens with one attached hydrogen (secondary N) is 2. The van der Waals surface area contributed by atoms with Gasteiger partial charge in [0.25, 0.3) is 5.91 Å². The van der Waals surface area contributed by atoms with Gasteiger partial charge in [0.15, 0.2) is 17.3 Å². The molecule has 0 saturated carbocycles. The minimum absolute atomic E-state index is 0.0717. The molecule has 0 aliphatic heterocycles. The Morgan fingerprint density at radius 1 is 1.05 bits per heavy atom. The Kier molecular flexibility index (Phi) is 8.70. The lowest BCUT2D eigenvalue weighted by atomic mass is 9.91. The summed E-state index contributed by atoms with van der Waals surface area (Å²) in [6.45, 7) is 5.00. The fourth-order valence-electron chi connectivity index (χ4n) is 4.83. The molecule has 0 saturated heterocycles. The topological polar surface area (TPSA) is 126 Å². The summed E-state index contributed by atoms with van der Waals surface area (Å²) in [5.74, 6) is -5.89. The number of carboxylic acids is 1. The molecular weight excluding hydrogens is 539 g/mol. The first-order valence-corrected chi connectivity index (χ1v) is 12.9. The van der Waals surface area contributed by atoms with Gasteiger partial charge in [-0.1, -0.05) is 13.3 Å². The Hall–Kier alpha value is -4.74. The summed E-state index contributed by atoms with van der Waals surface area (Å²) in [7, 11) is 0. The number of carbonyl (C=O) groups is 3. The number of fused-ring (bicyclic) bond motifs is 1. The molecule has 2 heterocycles. The van der Waals surface area contributed by atoms with Gasteiger partial charge in [-0.25, -0.2) is 22.7 Å². The number of aromatic nitrogens is 3. The van der Waals surface area contributed by atoms with E-state index in [1.807, 2.05) is 0 Å². The molecule has 0 radical (unpaired) electrons. The number of imidazole rings is 1. The smallest absolute Gasteiger partial charge is 0.305 e. The average Bonchev–Trinajstić information content (AvgIpc) is 3.33. The molecule has 41 heavy (non-hydrogen) atoms. The summed E-state index contributed by atoms with van der Waals surface area (Å²) in [5.41, 5.74) is 1.66. The molecule has 0 aliphatic carbocycles. The highest BCUT2D eigenvalue weighted by Crippen LogP contribution is 2.33. The van der Waals surface area contributed by atoms with E-state index in [0.717, 1.165) is 6.07 Å². The molecule has 4 aromatic rings. The van der Waals surface area contributed by atoms with Crippen LogP contribution in [-0.4, -0.2) is 43.5 Å².